The summed E-state index contributed by atoms with van der Waals surface area (Å²) in [5, 5.41) is 31.6. The summed E-state index contributed by atoms with van der Waals surface area (Å²) in [7, 11) is 0. The van der Waals surface area contributed by atoms with Crippen LogP contribution in [0.3, 0.4) is 0 Å². The van der Waals surface area contributed by atoms with Crippen molar-refractivity contribution >= 4 is 87.2 Å². The summed E-state index contributed by atoms with van der Waals surface area (Å²) in [6.45, 7) is 9.43. The number of rotatable bonds is 7. The molecule has 98 heavy (non-hydrogen) atoms. The van der Waals surface area contributed by atoms with Crippen molar-refractivity contribution in [1.29, 1.82) is 10.5 Å². The van der Waals surface area contributed by atoms with Gasteiger partial charge in [0.25, 0.3) is 0 Å². The van der Waals surface area contributed by atoms with Crippen molar-refractivity contribution in [1.82, 2.24) is 18.3 Å². The minimum atomic E-state index is -0.168. The summed E-state index contributed by atoms with van der Waals surface area (Å²) >= 11 is 0. The molecule has 0 atom stereocenters. The SMILES string of the molecule is CC1(C)c2ccccc2-c2cc3c4ccccc4n(-c4ccccc4-c4ccc5c(c4)c4ccccc4n5-c4cc(-c5cccc(C#N)c5)cc(-n5c6ccccc6c6cc(-c7ccccc7-n7c8ccccc8c8cc9c(cc87)C(C)(C)c7ccccc7-9)ccc65)c4C#N)c3cc21. The van der Waals surface area contributed by atoms with Crippen molar-refractivity contribution in [3.05, 3.63) is 325 Å². The molecular formula is C92H60N6. The van der Waals surface area contributed by atoms with Crippen LogP contribution >= 0.6 is 0 Å². The van der Waals surface area contributed by atoms with Crippen molar-refractivity contribution in [3.63, 3.8) is 0 Å². The fraction of sp³-hybridized carbons (Fsp3) is 0.0652. The van der Waals surface area contributed by atoms with Gasteiger partial charge in [-0.15, -0.1) is 0 Å². The maximum atomic E-state index is 12.1. The summed E-state index contributed by atoms with van der Waals surface area (Å²) < 4.78 is 9.54. The summed E-state index contributed by atoms with van der Waals surface area (Å²) in [6, 6.07) is 111. The molecule has 0 saturated carbocycles. The van der Waals surface area contributed by atoms with Crippen LogP contribution in [0.1, 0.15) is 61.1 Å². The van der Waals surface area contributed by atoms with Gasteiger partial charge in [-0.05, 0) is 176 Å². The Bertz CT molecular complexity index is 6290. The largest absolute Gasteiger partial charge is 0.309 e. The third-order valence-electron chi connectivity index (χ3n) is 22.0. The maximum Gasteiger partial charge on any atom is 0.104 e. The normalized spacial score (nSPS) is 13.4. The molecule has 2 aliphatic rings. The Morgan fingerprint density at radius 1 is 0.235 bits per heavy atom. The first-order valence-electron chi connectivity index (χ1n) is 33.8. The number of hydrogen-bond donors (Lipinski definition) is 0. The van der Waals surface area contributed by atoms with E-state index in [2.05, 4.69) is 331 Å². The van der Waals surface area contributed by atoms with E-state index in [0.29, 0.717) is 11.1 Å². The summed E-state index contributed by atoms with van der Waals surface area (Å²) in [5.41, 5.74) is 29.8. The van der Waals surface area contributed by atoms with Crippen LogP contribution in [0.5, 0.6) is 0 Å². The molecule has 2 aliphatic carbocycles. The van der Waals surface area contributed by atoms with E-state index in [9.17, 15) is 10.5 Å². The fourth-order valence-corrected chi connectivity index (χ4v) is 17.5. The van der Waals surface area contributed by atoms with Gasteiger partial charge >= 0.3 is 0 Å². The highest BCUT2D eigenvalue weighted by atomic mass is 15.0. The number of para-hydroxylation sites is 6. The molecule has 0 N–H and O–H groups in total. The van der Waals surface area contributed by atoms with Crippen LogP contribution in [-0.4, -0.2) is 18.3 Å². The zero-order valence-electron chi connectivity index (χ0n) is 54.4. The van der Waals surface area contributed by atoms with E-state index in [0.717, 1.165) is 111 Å². The molecule has 14 aromatic carbocycles. The van der Waals surface area contributed by atoms with Crippen molar-refractivity contribution in [2.24, 2.45) is 0 Å². The van der Waals surface area contributed by atoms with Crippen LogP contribution in [0.2, 0.25) is 0 Å². The Morgan fingerprint density at radius 2 is 0.602 bits per heavy atom. The highest BCUT2D eigenvalue weighted by molar-refractivity contribution is 6.16. The number of nitrogens with zero attached hydrogens (tertiary/aromatic N) is 6. The predicted octanol–water partition coefficient (Wildman–Crippen LogP) is 23.4. The summed E-state index contributed by atoms with van der Waals surface area (Å²) in [4.78, 5) is 0. The second kappa shape index (κ2) is 20.4. The topological polar surface area (TPSA) is 67.3 Å². The van der Waals surface area contributed by atoms with Crippen LogP contribution in [0.25, 0.3) is 166 Å². The van der Waals surface area contributed by atoms with Crippen LogP contribution in [0, 0.1) is 22.7 Å². The molecule has 6 heteroatoms. The van der Waals surface area contributed by atoms with E-state index in [1.165, 1.54) is 77.1 Å². The molecule has 4 heterocycles. The Kier molecular flexibility index (Phi) is 11.6. The Morgan fingerprint density at radius 3 is 1.03 bits per heavy atom. The predicted molar refractivity (Wildman–Crippen MR) is 405 cm³/mol. The lowest BCUT2D eigenvalue weighted by Gasteiger charge is -2.22. The molecule has 20 rings (SSSR count). The molecule has 0 amide bonds. The standard InChI is InChI=1S/C92H60N6/c1-91(2)75-32-13-5-26-62(75)68-49-72-66-30-11-19-38-83(66)95(89(72)51-77(68)91)79-34-15-7-24-60(79)57-40-42-85-70(45-57)64-28-9-17-36-81(64)97(85)87-47-59(56-23-21-22-55(44-56)53-93)48-88(74(87)54-94)98-82-37-18-10-29-65(82)71-46-58(41-43-86(71)98)61-25-8-16-35-80(61)96-84-39-20-12-31-67(84)73-50-69-63-27-6-14-33-76(63)92(3,4)78(69)52-90(73)96/h5-52H,1-4H3. The van der Waals surface area contributed by atoms with Crippen molar-refractivity contribution in [3.8, 4) is 90.5 Å². The van der Waals surface area contributed by atoms with Gasteiger partial charge in [0.2, 0.25) is 0 Å². The van der Waals surface area contributed by atoms with E-state index in [-0.39, 0.29) is 10.8 Å². The first kappa shape index (κ1) is 55.7. The van der Waals surface area contributed by atoms with E-state index < -0.39 is 0 Å². The van der Waals surface area contributed by atoms with E-state index in [4.69, 9.17) is 0 Å². The maximum absolute atomic E-state index is 12.1. The Balaban J connectivity index is 0.772. The molecule has 0 bridgehead atoms. The van der Waals surface area contributed by atoms with Crippen LogP contribution in [0.4, 0.5) is 0 Å². The van der Waals surface area contributed by atoms with Gasteiger partial charge in [0.15, 0.2) is 0 Å². The summed E-state index contributed by atoms with van der Waals surface area (Å²) in [5.74, 6) is 0. The van der Waals surface area contributed by atoms with Gasteiger partial charge in [-0.1, -0.05) is 210 Å². The van der Waals surface area contributed by atoms with Crippen molar-refractivity contribution < 1.29 is 0 Å². The lowest BCUT2D eigenvalue weighted by Crippen LogP contribution is -2.15. The Labute approximate surface area is 566 Å². The molecule has 0 spiro atoms. The molecular weight excluding hydrogens is 1190 g/mol. The van der Waals surface area contributed by atoms with Gasteiger partial charge in [-0.2, -0.15) is 10.5 Å². The van der Waals surface area contributed by atoms with Crippen molar-refractivity contribution in [2.45, 2.75) is 38.5 Å². The molecule has 18 aromatic rings. The molecule has 0 fully saturated rings. The lowest BCUT2D eigenvalue weighted by atomic mass is 9.82. The fourth-order valence-electron chi connectivity index (χ4n) is 17.5. The zero-order valence-corrected chi connectivity index (χ0v) is 54.4. The third kappa shape index (κ3) is 7.66. The van der Waals surface area contributed by atoms with Gasteiger partial charge < -0.3 is 18.3 Å². The highest BCUT2D eigenvalue weighted by Gasteiger charge is 2.38. The highest BCUT2D eigenvalue weighted by Crippen LogP contribution is 2.54. The monoisotopic (exact) mass is 1250 g/mol. The van der Waals surface area contributed by atoms with Gasteiger partial charge in [0.1, 0.15) is 11.6 Å². The van der Waals surface area contributed by atoms with Gasteiger partial charge in [-0.3, -0.25) is 0 Å². The average molecular weight is 1250 g/mol. The third-order valence-corrected chi connectivity index (χ3v) is 22.0. The number of aromatic nitrogens is 4. The zero-order chi connectivity index (χ0) is 65.4. The number of benzene rings is 14. The second-order valence-corrected chi connectivity index (χ2v) is 27.8. The molecule has 0 saturated heterocycles. The molecule has 458 valence electrons. The van der Waals surface area contributed by atoms with Gasteiger partial charge in [0.05, 0.1) is 78.5 Å². The van der Waals surface area contributed by atoms with Gasteiger partial charge in [-0.25, -0.2) is 0 Å². The quantitative estimate of drug-likeness (QED) is 0.160. The number of nitriles is 2. The lowest BCUT2D eigenvalue weighted by molar-refractivity contribution is 0.661. The average Bonchev–Trinajstić information content (AvgIpc) is 1.56. The first-order valence-corrected chi connectivity index (χ1v) is 33.8. The molecule has 4 aromatic heterocycles. The van der Waals surface area contributed by atoms with E-state index in [1.54, 1.807) is 0 Å². The van der Waals surface area contributed by atoms with E-state index >= 15 is 0 Å². The van der Waals surface area contributed by atoms with E-state index in [1.807, 2.05) is 18.2 Å². The number of fused-ring (bicyclic) bond motifs is 18. The van der Waals surface area contributed by atoms with Gasteiger partial charge in [0, 0.05) is 65.0 Å². The molecule has 0 aliphatic heterocycles. The van der Waals surface area contributed by atoms with Crippen LogP contribution < -0.4 is 0 Å². The minimum Gasteiger partial charge on any atom is -0.309 e. The summed E-state index contributed by atoms with van der Waals surface area (Å²) in [6.07, 6.45) is 0. The molecule has 0 radical (unpaired) electrons. The number of hydrogen-bond acceptors (Lipinski definition) is 2. The minimum absolute atomic E-state index is 0.168. The first-order chi connectivity index (χ1) is 48.0. The second-order valence-electron chi connectivity index (χ2n) is 27.8. The molecule has 6 nitrogen and oxygen atoms in total. The van der Waals surface area contributed by atoms with Crippen LogP contribution in [-0.2, 0) is 10.8 Å². The van der Waals surface area contributed by atoms with Crippen molar-refractivity contribution in [2.75, 3.05) is 0 Å². The molecule has 0 unspecified atom stereocenters. The van der Waals surface area contributed by atoms with Crippen LogP contribution in [0.15, 0.2) is 291 Å². The Hall–Kier alpha value is -12.7. The smallest absolute Gasteiger partial charge is 0.104 e.